The summed E-state index contributed by atoms with van der Waals surface area (Å²) in [6.07, 6.45) is 0. The van der Waals surface area contributed by atoms with Crippen molar-refractivity contribution in [3.8, 4) is 0 Å². The summed E-state index contributed by atoms with van der Waals surface area (Å²) in [5.41, 5.74) is 0.00270. The number of nitro benzene ring substituents is 1. The molecule has 98 valence electrons. The van der Waals surface area contributed by atoms with Crippen molar-refractivity contribution in [1.82, 2.24) is 5.32 Å². The van der Waals surface area contributed by atoms with E-state index in [0.717, 1.165) is 0 Å². The van der Waals surface area contributed by atoms with Crippen molar-refractivity contribution < 1.29 is 9.72 Å². The number of para-hydroxylation sites is 1. The number of hydrogen-bond donors (Lipinski definition) is 2. The van der Waals surface area contributed by atoms with Crippen LogP contribution in [0.5, 0.6) is 0 Å². The molecular formula is C11H14ClN3O3. The highest BCUT2D eigenvalue weighted by molar-refractivity contribution is 6.33. The number of nitrogens with one attached hydrogen (secondary N) is 2. The van der Waals surface area contributed by atoms with Gasteiger partial charge in [0.1, 0.15) is 10.7 Å². The lowest BCUT2D eigenvalue weighted by atomic mass is 10.2. The molecule has 1 rings (SSSR count). The Labute approximate surface area is 109 Å². The number of nitrogens with zero attached hydrogens (tertiary/aromatic N) is 1. The summed E-state index contributed by atoms with van der Waals surface area (Å²) < 4.78 is 0. The van der Waals surface area contributed by atoms with Crippen molar-refractivity contribution in [2.45, 2.75) is 19.9 Å². The molecule has 2 N–H and O–H groups in total. The van der Waals surface area contributed by atoms with E-state index in [1.807, 2.05) is 13.8 Å². The Bertz CT molecular complexity index is 463. The second-order valence-electron chi connectivity index (χ2n) is 3.97. The molecule has 0 bridgehead atoms. The van der Waals surface area contributed by atoms with Crippen LogP contribution >= 0.6 is 11.6 Å². The fourth-order valence-electron chi connectivity index (χ4n) is 1.39. The van der Waals surface area contributed by atoms with Crippen LogP contribution in [0.1, 0.15) is 13.8 Å². The van der Waals surface area contributed by atoms with Crippen LogP contribution in [0.25, 0.3) is 0 Å². The standard InChI is InChI=1S/C11H14ClN3O3/c1-7(2)14-10(16)6-13-9-5-3-4-8(12)11(9)15(17)18/h3-5,7,13H,6H2,1-2H3,(H,14,16). The van der Waals surface area contributed by atoms with E-state index in [1.165, 1.54) is 12.1 Å². The van der Waals surface area contributed by atoms with E-state index in [9.17, 15) is 14.9 Å². The number of amides is 1. The molecule has 0 fully saturated rings. The van der Waals surface area contributed by atoms with Gasteiger partial charge < -0.3 is 10.6 Å². The van der Waals surface area contributed by atoms with Gasteiger partial charge in [0.25, 0.3) is 0 Å². The monoisotopic (exact) mass is 271 g/mol. The molecule has 0 aromatic heterocycles. The molecule has 0 aliphatic rings. The number of halogens is 1. The average Bonchev–Trinajstić information content (AvgIpc) is 2.24. The van der Waals surface area contributed by atoms with Crippen LogP contribution in [-0.2, 0) is 4.79 Å². The zero-order valence-corrected chi connectivity index (χ0v) is 10.8. The van der Waals surface area contributed by atoms with E-state index in [-0.39, 0.29) is 34.9 Å². The highest BCUT2D eigenvalue weighted by Gasteiger charge is 2.18. The van der Waals surface area contributed by atoms with E-state index >= 15 is 0 Å². The average molecular weight is 272 g/mol. The molecule has 7 heteroatoms. The minimum atomic E-state index is -0.578. The van der Waals surface area contributed by atoms with Crippen LogP contribution in [0, 0.1) is 10.1 Å². The Morgan fingerprint density at radius 3 is 2.72 bits per heavy atom. The number of nitro groups is 1. The van der Waals surface area contributed by atoms with Crippen molar-refractivity contribution in [3.63, 3.8) is 0 Å². The Morgan fingerprint density at radius 1 is 1.50 bits per heavy atom. The van der Waals surface area contributed by atoms with E-state index in [2.05, 4.69) is 10.6 Å². The fraction of sp³-hybridized carbons (Fsp3) is 0.364. The second kappa shape index (κ2) is 6.20. The van der Waals surface area contributed by atoms with Crippen LogP contribution < -0.4 is 10.6 Å². The minimum Gasteiger partial charge on any atom is -0.371 e. The first-order valence-electron chi connectivity index (χ1n) is 5.38. The van der Waals surface area contributed by atoms with Gasteiger partial charge >= 0.3 is 5.69 Å². The minimum absolute atomic E-state index is 0.0219. The number of benzene rings is 1. The molecule has 1 amide bonds. The Kier molecular flexibility index (Phi) is 4.91. The third-order valence-corrected chi connectivity index (χ3v) is 2.36. The molecule has 1 aromatic carbocycles. The number of rotatable bonds is 5. The van der Waals surface area contributed by atoms with E-state index in [0.29, 0.717) is 0 Å². The largest absolute Gasteiger partial charge is 0.371 e. The first kappa shape index (κ1) is 14.2. The van der Waals surface area contributed by atoms with Gasteiger partial charge in [0.2, 0.25) is 5.91 Å². The smallest absolute Gasteiger partial charge is 0.310 e. The van der Waals surface area contributed by atoms with Crippen molar-refractivity contribution in [2.24, 2.45) is 0 Å². The second-order valence-corrected chi connectivity index (χ2v) is 4.38. The predicted octanol–water partition coefficient (Wildman–Crippen LogP) is 2.18. The van der Waals surface area contributed by atoms with Crippen molar-refractivity contribution >= 4 is 28.9 Å². The quantitative estimate of drug-likeness (QED) is 0.635. The van der Waals surface area contributed by atoms with E-state index in [1.54, 1.807) is 6.07 Å². The number of hydrogen-bond acceptors (Lipinski definition) is 4. The maximum atomic E-state index is 11.4. The molecule has 0 spiro atoms. The molecule has 6 nitrogen and oxygen atoms in total. The molecule has 0 aliphatic heterocycles. The van der Waals surface area contributed by atoms with Gasteiger partial charge in [0.05, 0.1) is 11.5 Å². The summed E-state index contributed by atoms with van der Waals surface area (Å²) in [4.78, 5) is 21.7. The summed E-state index contributed by atoms with van der Waals surface area (Å²) in [6.45, 7) is 3.62. The van der Waals surface area contributed by atoms with Crippen molar-refractivity contribution in [2.75, 3.05) is 11.9 Å². The van der Waals surface area contributed by atoms with Gasteiger partial charge in [0, 0.05) is 6.04 Å². The normalized spacial score (nSPS) is 10.2. The van der Waals surface area contributed by atoms with Crippen LogP contribution in [0.2, 0.25) is 5.02 Å². The molecular weight excluding hydrogens is 258 g/mol. The van der Waals surface area contributed by atoms with E-state index in [4.69, 9.17) is 11.6 Å². The van der Waals surface area contributed by atoms with Crippen LogP contribution in [-0.4, -0.2) is 23.4 Å². The Hall–Kier alpha value is -1.82. The summed E-state index contributed by atoms with van der Waals surface area (Å²) in [7, 11) is 0. The molecule has 18 heavy (non-hydrogen) atoms. The third-order valence-electron chi connectivity index (χ3n) is 2.06. The number of carbonyl (C=O) groups is 1. The zero-order chi connectivity index (χ0) is 13.7. The summed E-state index contributed by atoms with van der Waals surface area (Å²) in [5, 5.41) is 16.3. The lowest BCUT2D eigenvalue weighted by Crippen LogP contribution is -2.34. The third kappa shape index (κ3) is 3.89. The van der Waals surface area contributed by atoms with Gasteiger partial charge in [-0.1, -0.05) is 17.7 Å². The van der Waals surface area contributed by atoms with Gasteiger partial charge in [-0.05, 0) is 26.0 Å². The first-order chi connectivity index (χ1) is 8.41. The molecule has 1 aromatic rings. The number of carbonyl (C=O) groups excluding carboxylic acids is 1. The van der Waals surface area contributed by atoms with Gasteiger partial charge in [-0.25, -0.2) is 0 Å². The van der Waals surface area contributed by atoms with Gasteiger partial charge in [-0.3, -0.25) is 14.9 Å². The van der Waals surface area contributed by atoms with Crippen LogP contribution in [0.3, 0.4) is 0 Å². The first-order valence-corrected chi connectivity index (χ1v) is 5.75. The van der Waals surface area contributed by atoms with Crippen molar-refractivity contribution in [3.05, 3.63) is 33.3 Å². The molecule has 0 heterocycles. The van der Waals surface area contributed by atoms with Crippen LogP contribution in [0.15, 0.2) is 18.2 Å². The van der Waals surface area contributed by atoms with E-state index < -0.39 is 4.92 Å². The molecule has 0 aliphatic carbocycles. The predicted molar refractivity (Wildman–Crippen MR) is 69.9 cm³/mol. The maximum absolute atomic E-state index is 11.4. The maximum Gasteiger partial charge on any atom is 0.310 e. The lowest BCUT2D eigenvalue weighted by molar-refractivity contribution is -0.383. The van der Waals surface area contributed by atoms with Gasteiger partial charge in [-0.15, -0.1) is 0 Å². The summed E-state index contributed by atoms with van der Waals surface area (Å²) in [5.74, 6) is -0.237. The summed E-state index contributed by atoms with van der Waals surface area (Å²) in [6, 6.07) is 4.54. The Balaban J connectivity index is 2.76. The molecule has 0 saturated carbocycles. The molecule has 0 unspecified atom stereocenters. The van der Waals surface area contributed by atoms with Gasteiger partial charge in [-0.2, -0.15) is 0 Å². The van der Waals surface area contributed by atoms with Crippen molar-refractivity contribution in [1.29, 1.82) is 0 Å². The zero-order valence-electron chi connectivity index (χ0n) is 10.1. The van der Waals surface area contributed by atoms with Crippen LogP contribution in [0.4, 0.5) is 11.4 Å². The fourth-order valence-corrected chi connectivity index (χ4v) is 1.64. The molecule has 0 atom stereocenters. The Morgan fingerprint density at radius 2 is 2.17 bits per heavy atom. The SMILES string of the molecule is CC(C)NC(=O)CNc1cccc(Cl)c1[N+](=O)[O-]. The topological polar surface area (TPSA) is 84.3 Å². The molecule has 0 radical (unpaired) electrons. The highest BCUT2D eigenvalue weighted by Crippen LogP contribution is 2.31. The molecule has 0 saturated heterocycles. The summed E-state index contributed by atoms with van der Waals surface area (Å²) >= 11 is 5.74. The number of anilines is 1. The highest BCUT2D eigenvalue weighted by atomic mass is 35.5. The lowest BCUT2D eigenvalue weighted by Gasteiger charge is -2.10. The van der Waals surface area contributed by atoms with Gasteiger partial charge in [0.15, 0.2) is 0 Å².